The van der Waals surface area contributed by atoms with E-state index in [1.165, 1.54) is 13.4 Å². The molecule has 1 atom stereocenters. The average molecular weight is 357 g/mol. The van der Waals surface area contributed by atoms with Crippen molar-refractivity contribution in [1.82, 2.24) is 0 Å². The van der Waals surface area contributed by atoms with E-state index in [0.717, 1.165) is 5.56 Å². The molecule has 1 aromatic heterocycles. The molecule has 25 heavy (non-hydrogen) atoms. The fourth-order valence-electron chi connectivity index (χ4n) is 3.05. The molecule has 6 heteroatoms. The molecule has 0 fully saturated rings. The van der Waals surface area contributed by atoms with Gasteiger partial charge in [-0.3, -0.25) is 4.79 Å². The number of hydrogen-bond acceptors (Lipinski definition) is 5. The largest absolute Gasteiger partial charge is 0.478 e. The minimum absolute atomic E-state index is 0.221. The molecule has 0 bridgehead atoms. The molecule has 2 heterocycles. The second-order valence-corrected chi connectivity index (χ2v) is 6.12. The molecule has 1 aliphatic rings. The zero-order valence-corrected chi connectivity index (χ0v) is 14.0. The summed E-state index contributed by atoms with van der Waals surface area (Å²) < 4.78 is 16.0. The Morgan fingerprint density at radius 2 is 2.04 bits per heavy atom. The first-order valence-corrected chi connectivity index (χ1v) is 8.04. The van der Waals surface area contributed by atoms with Gasteiger partial charge in [0.15, 0.2) is 6.10 Å². The predicted octanol–water partition coefficient (Wildman–Crippen LogP) is 3.59. The Kier molecular flexibility index (Phi) is 3.73. The summed E-state index contributed by atoms with van der Waals surface area (Å²) in [6.07, 6.45) is 0.923. The summed E-state index contributed by atoms with van der Waals surface area (Å²) in [4.78, 5) is 24.7. The molecule has 0 N–H and O–H groups in total. The Hall–Kier alpha value is -2.79. The Morgan fingerprint density at radius 3 is 2.76 bits per heavy atom. The van der Waals surface area contributed by atoms with Gasteiger partial charge < -0.3 is 13.9 Å². The van der Waals surface area contributed by atoms with Crippen LogP contribution in [0.3, 0.4) is 0 Å². The highest BCUT2D eigenvalue weighted by Crippen LogP contribution is 2.39. The van der Waals surface area contributed by atoms with Crippen LogP contribution in [0.2, 0.25) is 5.02 Å². The van der Waals surface area contributed by atoms with Gasteiger partial charge in [-0.25, -0.2) is 4.79 Å². The van der Waals surface area contributed by atoms with Crippen LogP contribution in [0.4, 0.5) is 0 Å². The molecule has 3 aromatic rings. The first kappa shape index (κ1) is 15.7. The highest BCUT2D eigenvalue weighted by Gasteiger charge is 2.33. The van der Waals surface area contributed by atoms with Gasteiger partial charge in [0.25, 0.3) is 0 Å². The molecule has 0 saturated heterocycles. The number of benzene rings is 2. The SMILES string of the molecule is COC(=O)C1Cc2c(cc(Cl)c3c(=O)c(-c4ccccc4)coc23)O1. The maximum atomic E-state index is 12.9. The molecule has 1 unspecified atom stereocenters. The zero-order valence-electron chi connectivity index (χ0n) is 13.2. The number of halogens is 1. The predicted molar refractivity (Wildman–Crippen MR) is 93.1 cm³/mol. The Morgan fingerprint density at radius 1 is 1.28 bits per heavy atom. The quantitative estimate of drug-likeness (QED) is 0.656. The molecular formula is C19H13ClO5. The van der Waals surface area contributed by atoms with Crippen molar-refractivity contribution in [3.8, 4) is 16.9 Å². The molecule has 0 saturated carbocycles. The molecule has 1 aliphatic heterocycles. The van der Waals surface area contributed by atoms with Crippen LogP contribution in [-0.4, -0.2) is 19.2 Å². The molecular weight excluding hydrogens is 344 g/mol. The van der Waals surface area contributed by atoms with Gasteiger partial charge in [0.1, 0.15) is 17.6 Å². The first-order chi connectivity index (χ1) is 12.1. The molecule has 5 nitrogen and oxygen atoms in total. The highest BCUT2D eigenvalue weighted by atomic mass is 35.5. The number of carbonyl (C=O) groups excluding carboxylic acids is 1. The van der Waals surface area contributed by atoms with Crippen molar-refractivity contribution in [2.75, 3.05) is 7.11 Å². The van der Waals surface area contributed by atoms with Gasteiger partial charge in [-0.05, 0) is 5.56 Å². The Balaban J connectivity index is 1.91. The van der Waals surface area contributed by atoms with Gasteiger partial charge in [0.2, 0.25) is 5.43 Å². The molecule has 0 amide bonds. The van der Waals surface area contributed by atoms with E-state index >= 15 is 0 Å². The summed E-state index contributed by atoms with van der Waals surface area (Å²) in [5.41, 5.74) is 1.95. The number of methoxy groups -OCH3 is 1. The van der Waals surface area contributed by atoms with Gasteiger partial charge in [0.05, 0.1) is 23.1 Å². The number of ether oxygens (including phenoxy) is 2. The number of carbonyl (C=O) groups is 1. The van der Waals surface area contributed by atoms with Crippen LogP contribution in [0.25, 0.3) is 22.1 Å². The fraction of sp³-hybridized carbons (Fsp3) is 0.158. The van der Waals surface area contributed by atoms with E-state index in [9.17, 15) is 9.59 Å². The molecule has 126 valence electrons. The van der Waals surface area contributed by atoms with Crippen molar-refractivity contribution >= 4 is 28.5 Å². The number of fused-ring (bicyclic) bond motifs is 3. The molecule has 0 aliphatic carbocycles. The third-order valence-corrected chi connectivity index (χ3v) is 4.57. The van der Waals surface area contributed by atoms with Crippen molar-refractivity contribution in [2.45, 2.75) is 12.5 Å². The molecule has 4 rings (SSSR count). The van der Waals surface area contributed by atoms with Crippen molar-refractivity contribution in [3.05, 3.63) is 63.5 Å². The van der Waals surface area contributed by atoms with Gasteiger partial charge in [-0.1, -0.05) is 41.9 Å². The van der Waals surface area contributed by atoms with Crippen LogP contribution < -0.4 is 10.2 Å². The smallest absolute Gasteiger partial charge is 0.347 e. The van der Waals surface area contributed by atoms with Gasteiger partial charge in [0, 0.05) is 18.1 Å². The Bertz CT molecular complexity index is 1040. The Labute approximate surface area is 147 Å². The van der Waals surface area contributed by atoms with Crippen LogP contribution in [0.5, 0.6) is 5.75 Å². The van der Waals surface area contributed by atoms with Gasteiger partial charge in [-0.15, -0.1) is 0 Å². The maximum absolute atomic E-state index is 12.9. The lowest BCUT2D eigenvalue weighted by Crippen LogP contribution is -2.26. The van der Waals surface area contributed by atoms with E-state index < -0.39 is 12.1 Å². The summed E-state index contributed by atoms with van der Waals surface area (Å²) in [7, 11) is 1.30. The van der Waals surface area contributed by atoms with E-state index in [2.05, 4.69) is 0 Å². The van der Waals surface area contributed by atoms with E-state index in [0.29, 0.717) is 22.5 Å². The van der Waals surface area contributed by atoms with Crippen molar-refractivity contribution in [3.63, 3.8) is 0 Å². The number of esters is 1. The molecule has 0 radical (unpaired) electrons. The minimum atomic E-state index is -0.763. The fourth-order valence-corrected chi connectivity index (χ4v) is 3.32. The summed E-state index contributed by atoms with van der Waals surface area (Å²) in [5.74, 6) is -0.0489. The van der Waals surface area contributed by atoms with Crippen molar-refractivity contribution in [1.29, 1.82) is 0 Å². The van der Waals surface area contributed by atoms with Gasteiger partial charge >= 0.3 is 5.97 Å². The third kappa shape index (κ3) is 2.48. The lowest BCUT2D eigenvalue weighted by atomic mass is 10.0. The third-order valence-electron chi connectivity index (χ3n) is 4.27. The van der Waals surface area contributed by atoms with Crippen LogP contribution in [0, 0.1) is 0 Å². The zero-order chi connectivity index (χ0) is 17.6. The van der Waals surface area contributed by atoms with E-state index in [1.54, 1.807) is 6.07 Å². The lowest BCUT2D eigenvalue weighted by molar-refractivity contribution is -0.147. The lowest BCUT2D eigenvalue weighted by Gasteiger charge is -2.08. The standard InChI is InChI=1S/C19H13ClO5/c1-23-19(22)15-7-11-14(25-15)8-13(20)16-17(21)12(9-24-18(11)16)10-5-3-2-4-6-10/h2-6,8-9,15H,7H2,1H3. The van der Waals surface area contributed by atoms with Crippen LogP contribution in [0.15, 0.2) is 51.9 Å². The maximum Gasteiger partial charge on any atom is 0.347 e. The topological polar surface area (TPSA) is 65.7 Å². The second kappa shape index (κ2) is 5.93. The van der Waals surface area contributed by atoms with Crippen LogP contribution in [-0.2, 0) is 16.0 Å². The van der Waals surface area contributed by atoms with Crippen LogP contribution >= 0.6 is 11.6 Å². The molecule has 0 spiro atoms. The normalized spacial score (nSPS) is 15.7. The van der Waals surface area contributed by atoms with Crippen LogP contribution in [0.1, 0.15) is 5.56 Å². The summed E-state index contributed by atoms with van der Waals surface area (Å²) in [6.45, 7) is 0. The molecule has 2 aromatic carbocycles. The number of hydrogen-bond donors (Lipinski definition) is 0. The van der Waals surface area contributed by atoms with E-state index in [4.69, 9.17) is 25.5 Å². The monoisotopic (exact) mass is 356 g/mol. The highest BCUT2D eigenvalue weighted by molar-refractivity contribution is 6.35. The second-order valence-electron chi connectivity index (χ2n) is 5.72. The average Bonchev–Trinajstić information content (AvgIpc) is 3.06. The summed E-state index contributed by atoms with van der Waals surface area (Å²) in [6, 6.07) is 10.8. The van der Waals surface area contributed by atoms with Gasteiger partial charge in [-0.2, -0.15) is 0 Å². The summed E-state index contributed by atoms with van der Waals surface area (Å²) >= 11 is 6.31. The summed E-state index contributed by atoms with van der Waals surface area (Å²) in [5, 5.41) is 0.515. The van der Waals surface area contributed by atoms with Crippen molar-refractivity contribution < 1.29 is 18.7 Å². The number of rotatable bonds is 2. The minimum Gasteiger partial charge on any atom is -0.478 e. The first-order valence-electron chi connectivity index (χ1n) is 7.67. The van der Waals surface area contributed by atoms with E-state index in [-0.39, 0.29) is 22.3 Å². The van der Waals surface area contributed by atoms with E-state index in [1.807, 2.05) is 30.3 Å². The van der Waals surface area contributed by atoms with Crippen molar-refractivity contribution in [2.24, 2.45) is 0 Å².